The van der Waals surface area contributed by atoms with E-state index in [-0.39, 0.29) is 12.4 Å². The van der Waals surface area contributed by atoms with E-state index in [1.54, 1.807) is 0 Å². The van der Waals surface area contributed by atoms with Crippen LogP contribution in [0, 0.1) is 0 Å². The van der Waals surface area contributed by atoms with Crippen molar-refractivity contribution in [3.8, 4) is 0 Å². The predicted molar refractivity (Wildman–Crippen MR) is 124 cm³/mol. The molecule has 0 spiro atoms. The molecule has 0 aliphatic rings. The minimum atomic E-state index is -3.34. The fourth-order valence-corrected chi connectivity index (χ4v) is 9.80. The van der Waals surface area contributed by atoms with Gasteiger partial charge >= 0.3 is 160 Å². The molecule has 0 bridgehead atoms. The Morgan fingerprint density at radius 3 is 0.741 bits per heavy atom. The molecule has 0 unspecified atom stereocenters. The van der Waals surface area contributed by atoms with Gasteiger partial charge in [0.2, 0.25) is 0 Å². The quantitative estimate of drug-likeness (QED) is 0.394. The van der Waals surface area contributed by atoms with Crippen molar-refractivity contribution < 1.29 is 0 Å². The summed E-state index contributed by atoms with van der Waals surface area (Å²) in [7, 11) is 0. The van der Waals surface area contributed by atoms with Crippen molar-refractivity contribution in [3.05, 3.63) is 121 Å². The summed E-state index contributed by atoms with van der Waals surface area (Å²) in [6, 6.07) is 42.1. The number of halogens is 2. The first kappa shape index (κ1) is 19.6. The average molecular weight is 411 g/mol. The van der Waals surface area contributed by atoms with Crippen molar-refractivity contribution in [2.45, 2.75) is 0 Å². The molecule has 0 nitrogen and oxygen atoms in total. The van der Waals surface area contributed by atoms with Gasteiger partial charge in [-0.3, -0.25) is 0 Å². The van der Waals surface area contributed by atoms with Crippen molar-refractivity contribution in [2.24, 2.45) is 0 Å². The van der Waals surface area contributed by atoms with E-state index in [1.165, 1.54) is 0 Å². The summed E-state index contributed by atoms with van der Waals surface area (Å²) in [6.07, 6.45) is 0. The van der Waals surface area contributed by atoms with Gasteiger partial charge in [-0.05, 0) is 0 Å². The van der Waals surface area contributed by atoms with E-state index in [0.29, 0.717) is 0 Å². The van der Waals surface area contributed by atoms with Crippen LogP contribution in [0.15, 0.2) is 121 Å². The van der Waals surface area contributed by atoms with E-state index in [0.717, 1.165) is 21.2 Å². The maximum absolute atomic E-state index is 8.03. The summed E-state index contributed by atoms with van der Waals surface area (Å²) in [5.41, 5.74) is 0. The summed E-state index contributed by atoms with van der Waals surface area (Å²) in [4.78, 5) is 0. The van der Waals surface area contributed by atoms with Crippen molar-refractivity contribution in [1.29, 1.82) is 0 Å². The van der Waals surface area contributed by atoms with Crippen LogP contribution in [0.1, 0.15) is 0 Å². The second-order valence-corrected chi connectivity index (χ2v) is 12.5. The Hall–Kier alpha value is -2.11. The minimum absolute atomic E-state index is 0. The van der Waals surface area contributed by atoms with Crippen LogP contribution in [0.25, 0.3) is 0 Å². The topological polar surface area (TPSA) is 0 Å². The molecule has 136 valence electrons. The molecule has 0 aromatic heterocycles. The zero-order valence-corrected chi connectivity index (χ0v) is 17.2. The molecule has 4 aromatic carbocycles. The van der Waals surface area contributed by atoms with Gasteiger partial charge in [0.25, 0.3) is 0 Å². The first-order valence-electron chi connectivity index (χ1n) is 8.71. The third kappa shape index (κ3) is 2.99. The van der Waals surface area contributed by atoms with Gasteiger partial charge in [-0.15, -0.1) is 12.4 Å². The summed E-state index contributed by atoms with van der Waals surface area (Å²) < 4.78 is 0. The van der Waals surface area contributed by atoms with Crippen LogP contribution in [0.3, 0.4) is 0 Å². The summed E-state index contributed by atoms with van der Waals surface area (Å²) in [6.45, 7) is 0. The molecule has 0 N–H and O–H groups in total. The van der Waals surface area contributed by atoms with Crippen LogP contribution in [0.2, 0.25) is 0 Å². The van der Waals surface area contributed by atoms with Crippen molar-refractivity contribution in [1.82, 2.24) is 0 Å². The second kappa shape index (κ2) is 7.87. The van der Waals surface area contributed by atoms with Crippen LogP contribution in [0.4, 0.5) is 0 Å². The van der Waals surface area contributed by atoms with Crippen molar-refractivity contribution in [2.75, 3.05) is 0 Å². The molecule has 0 atom stereocenters. The Morgan fingerprint density at radius 1 is 0.370 bits per heavy atom. The molecular weight excluding hydrogens is 390 g/mol. The SMILES string of the molecule is Cl.ClP(c1ccccc1)(c1ccccc1)(c1ccccc1)c1ccccc1. The van der Waals surface area contributed by atoms with Crippen molar-refractivity contribution >= 4 is 50.8 Å². The number of rotatable bonds is 4. The fourth-order valence-electron chi connectivity index (χ4n) is 3.73. The molecule has 0 aliphatic carbocycles. The van der Waals surface area contributed by atoms with Crippen LogP contribution in [-0.4, -0.2) is 0 Å². The summed E-state index contributed by atoms with van der Waals surface area (Å²) >= 11 is 8.03. The Bertz CT molecular complexity index is 818. The van der Waals surface area contributed by atoms with Gasteiger partial charge in [-0.2, -0.15) is 0 Å². The monoisotopic (exact) mass is 410 g/mol. The standard InChI is InChI=1S/C24H20ClP.ClH/c25-26(21-13-5-1-6-14-21,22-15-7-2-8-16-22,23-17-9-3-10-18-23)24-19-11-4-12-20-24;/h1-20H;1H. The van der Waals surface area contributed by atoms with Crippen LogP contribution in [-0.2, 0) is 0 Å². The van der Waals surface area contributed by atoms with E-state index in [1.807, 2.05) is 24.3 Å². The molecule has 0 fully saturated rings. The zero-order chi connectivity index (χ0) is 17.9. The van der Waals surface area contributed by atoms with E-state index < -0.39 is 5.96 Å². The van der Waals surface area contributed by atoms with Gasteiger partial charge in [0.1, 0.15) is 0 Å². The van der Waals surface area contributed by atoms with E-state index >= 15 is 0 Å². The van der Waals surface area contributed by atoms with Gasteiger partial charge < -0.3 is 0 Å². The first-order valence-corrected chi connectivity index (χ1v) is 11.8. The maximum atomic E-state index is 8.03. The number of hydrogen-bond donors (Lipinski definition) is 0. The van der Waals surface area contributed by atoms with Gasteiger partial charge in [0, 0.05) is 0 Å². The molecule has 0 aliphatic heterocycles. The molecule has 0 saturated heterocycles. The Kier molecular flexibility index (Phi) is 5.72. The van der Waals surface area contributed by atoms with Crippen LogP contribution >= 0.6 is 29.6 Å². The zero-order valence-electron chi connectivity index (χ0n) is 14.8. The Labute approximate surface area is 172 Å². The molecule has 0 saturated carbocycles. The van der Waals surface area contributed by atoms with Crippen LogP contribution < -0.4 is 21.2 Å². The van der Waals surface area contributed by atoms with E-state index in [9.17, 15) is 0 Å². The Balaban J connectivity index is 0.00000210. The van der Waals surface area contributed by atoms with E-state index in [2.05, 4.69) is 97.1 Å². The molecule has 0 amide bonds. The molecule has 0 heterocycles. The molecular formula is C24H21Cl2P. The summed E-state index contributed by atoms with van der Waals surface area (Å²) in [5.74, 6) is -3.34. The van der Waals surface area contributed by atoms with Gasteiger partial charge in [-0.1, -0.05) is 0 Å². The van der Waals surface area contributed by atoms with Crippen molar-refractivity contribution in [3.63, 3.8) is 0 Å². The Morgan fingerprint density at radius 2 is 0.556 bits per heavy atom. The predicted octanol–water partition coefficient (Wildman–Crippen LogP) is 5.42. The van der Waals surface area contributed by atoms with Crippen LogP contribution in [0.5, 0.6) is 0 Å². The normalized spacial score (nSPS) is 12.4. The third-order valence-electron chi connectivity index (χ3n) is 4.96. The summed E-state index contributed by atoms with van der Waals surface area (Å²) in [5, 5.41) is 4.63. The molecule has 4 rings (SSSR count). The molecule has 3 heteroatoms. The fraction of sp³-hybridized carbons (Fsp3) is 0. The molecule has 27 heavy (non-hydrogen) atoms. The second-order valence-electron chi connectivity index (χ2n) is 6.35. The molecule has 0 radical (unpaired) electrons. The van der Waals surface area contributed by atoms with Gasteiger partial charge in [0.05, 0.1) is 0 Å². The third-order valence-corrected chi connectivity index (χ3v) is 12.4. The van der Waals surface area contributed by atoms with Gasteiger partial charge in [0.15, 0.2) is 0 Å². The number of benzene rings is 4. The first-order chi connectivity index (χ1) is 12.7. The van der Waals surface area contributed by atoms with E-state index in [4.69, 9.17) is 11.2 Å². The van der Waals surface area contributed by atoms with Gasteiger partial charge in [-0.25, -0.2) is 0 Å². The number of hydrogen-bond acceptors (Lipinski definition) is 0. The molecule has 4 aromatic rings. The average Bonchev–Trinajstić information content (AvgIpc) is 2.76.